The number of hydrogen-bond donors (Lipinski definition) is 2. The molecule has 0 saturated carbocycles. The third-order valence-electron chi connectivity index (χ3n) is 5.36. The monoisotopic (exact) mass is 507 g/mol. The van der Waals surface area contributed by atoms with Crippen LogP contribution in [-0.2, 0) is 16.4 Å². The Morgan fingerprint density at radius 2 is 1.70 bits per heavy atom. The lowest BCUT2D eigenvalue weighted by Crippen LogP contribution is -2.42. The van der Waals surface area contributed by atoms with Gasteiger partial charge in [0.2, 0.25) is 0 Å². The van der Waals surface area contributed by atoms with E-state index in [4.69, 9.17) is 23.8 Å². The van der Waals surface area contributed by atoms with Crippen molar-refractivity contribution in [3.05, 3.63) is 82.9 Å². The molecule has 3 aromatic rings. The van der Waals surface area contributed by atoms with Crippen molar-refractivity contribution in [1.82, 2.24) is 0 Å². The maximum atomic E-state index is 13.6. The maximum Gasteiger partial charge on any atom is 0.264 e. The van der Waals surface area contributed by atoms with Crippen molar-refractivity contribution in [2.24, 2.45) is 0 Å². The molecule has 0 saturated heterocycles. The van der Waals surface area contributed by atoms with Crippen molar-refractivity contribution >= 4 is 56.0 Å². The van der Waals surface area contributed by atoms with E-state index in [9.17, 15) is 17.2 Å². The molecule has 0 unspecified atom stereocenters. The predicted molar refractivity (Wildman–Crippen MR) is 132 cm³/mol. The van der Waals surface area contributed by atoms with E-state index in [1.54, 1.807) is 12.1 Å². The van der Waals surface area contributed by atoms with Crippen LogP contribution in [0.25, 0.3) is 0 Å². The van der Waals surface area contributed by atoms with Crippen LogP contribution in [0.4, 0.5) is 25.8 Å². The van der Waals surface area contributed by atoms with Gasteiger partial charge in [-0.15, -0.1) is 0 Å². The molecule has 0 spiro atoms. The fourth-order valence-corrected chi connectivity index (χ4v) is 5.89. The summed E-state index contributed by atoms with van der Waals surface area (Å²) in [5.41, 5.74) is 2.24. The number of hydrogen-bond acceptors (Lipinski definition) is 3. The van der Waals surface area contributed by atoms with Gasteiger partial charge in [-0.05, 0) is 98.2 Å². The van der Waals surface area contributed by atoms with E-state index in [0.717, 1.165) is 0 Å². The van der Waals surface area contributed by atoms with E-state index in [1.807, 2.05) is 6.92 Å². The predicted octanol–water partition coefficient (Wildman–Crippen LogP) is 5.96. The van der Waals surface area contributed by atoms with Gasteiger partial charge in [-0.3, -0.25) is 4.31 Å². The summed E-state index contributed by atoms with van der Waals surface area (Å²) in [4.78, 5) is 0.112. The highest BCUT2D eigenvalue weighted by Gasteiger charge is 2.34. The standard InChI is InChI=1S/C23H20ClF2N3O2S2/c1-14-2-3-15-12-16(25)4-11-22(15)29(14)33(30,31)19-8-5-17(6-9-19)27-23(32)28-18-7-10-21(26)20(24)13-18/h4-14H,2-3H2,1H3,(H2,27,28,32)/t14-/m0/s1. The normalized spacial score (nSPS) is 15.6. The fraction of sp³-hybridized carbons (Fsp3) is 0.174. The lowest BCUT2D eigenvalue weighted by Gasteiger charge is -2.36. The van der Waals surface area contributed by atoms with Gasteiger partial charge in [-0.1, -0.05) is 11.6 Å². The number of fused-ring (bicyclic) bond motifs is 1. The summed E-state index contributed by atoms with van der Waals surface area (Å²) in [6.45, 7) is 1.84. The van der Waals surface area contributed by atoms with Gasteiger partial charge < -0.3 is 10.6 Å². The van der Waals surface area contributed by atoms with Crippen LogP contribution >= 0.6 is 23.8 Å². The smallest absolute Gasteiger partial charge is 0.264 e. The van der Waals surface area contributed by atoms with Crippen LogP contribution in [0.1, 0.15) is 18.9 Å². The van der Waals surface area contributed by atoms with E-state index in [0.29, 0.717) is 35.5 Å². The highest BCUT2D eigenvalue weighted by atomic mass is 35.5. The molecule has 1 atom stereocenters. The zero-order valence-electron chi connectivity index (χ0n) is 17.5. The van der Waals surface area contributed by atoms with Gasteiger partial charge in [0.1, 0.15) is 11.6 Å². The summed E-state index contributed by atoms with van der Waals surface area (Å²) in [6.07, 6.45) is 1.22. The zero-order chi connectivity index (χ0) is 23.8. The Bertz CT molecular complexity index is 1320. The van der Waals surface area contributed by atoms with Gasteiger partial charge in [0, 0.05) is 17.4 Å². The molecular formula is C23H20ClF2N3O2S2. The molecule has 1 aliphatic heterocycles. The molecule has 0 radical (unpaired) electrons. The van der Waals surface area contributed by atoms with Crippen LogP contribution in [0.3, 0.4) is 0 Å². The summed E-state index contributed by atoms with van der Waals surface area (Å²) in [7, 11) is -3.86. The average molecular weight is 508 g/mol. The number of anilines is 3. The average Bonchev–Trinajstić information content (AvgIpc) is 2.76. The number of aryl methyl sites for hydroxylation is 1. The molecule has 5 nitrogen and oxygen atoms in total. The molecule has 172 valence electrons. The largest absolute Gasteiger partial charge is 0.332 e. The highest BCUT2D eigenvalue weighted by Crippen LogP contribution is 2.36. The second-order valence-electron chi connectivity index (χ2n) is 7.69. The van der Waals surface area contributed by atoms with Crippen LogP contribution < -0.4 is 14.9 Å². The minimum absolute atomic E-state index is 0.0337. The van der Waals surface area contributed by atoms with Gasteiger partial charge in [-0.2, -0.15) is 0 Å². The van der Waals surface area contributed by atoms with E-state index >= 15 is 0 Å². The Kier molecular flexibility index (Phi) is 6.56. The summed E-state index contributed by atoms with van der Waals surface area (Å²) >= 11 is 11.0. The molecule has 1 aliphatic rings. The van der Waals surface area contributed by atoms with Crippen molar-refractivity contribution in [2.45, 2.75) is 30.7 Å². The summed E-state index contributed by atoms with van der Waals surface area (Å²) < 4.78 is 55.1. The molecule has 33 heavy (non-hydrogen) atoms. The SMILES string of the molecule is C[C@H]1CCc2cc(F)ccc2N1S(=O)(=O)c1ccc(NC(=S)Nc2ccc(F)c(Cl)c2)cc1. The second-order valence-corrected chi connectivity index (χ2v) is 10.3. The minimum Gasteiger partial charge on any atom is -0.332 e. The first-order valence-electron chi connectivity index (χ1n) is 10.1. The molecule has 0 bridgehead atoms. The molecule has 0 aliphatic carbocycles. The first kappa shape index (κ1) is 23.4. The summed E-state index contributed by atoms with van der Waals surface area (Å²) in [5, 5.41) is 6.03. The van der Waals surface area contributed by atoms with Crippen LogP contribution in [0.5, 0.6) is 0 Å². The van der Waals surface area contributed by atoms with Crippen LogP contribution in [0.2, 0.25) is 5.02 Å². The Hall–Kier alpha value is -2.75. The Labute approximate surface area is 201 Å². The zero-order valence-corrected chi connectivity index (χ0v) is 19.9. The number of benzene rings is 3. The number of halogens is 3. The van der Waals surface area contributed by atoms with E-state index in [2.05, 4.69) is 10.6 Å². The van der Waals surface area contributed by atoms with Crippen molar-refractivity contribution in [1.29, 1.82) is 0 Å². The first-order chi connectivity index (χ1) is 15.6. The molecule has 3 aromatic carbocycles. The third kappa shape index (κ3) is 4.95. The van der Waals surface area contributed by atoms with Crippen molar-refractivity contribution in [3.63, 3.8) is 0 Å². The molecule has 0 amide bonds. The summed E-state index contributed by atoms with van der Waals surface area (Å²) in [6, 6.07) is 14.2. The second kappa shape index (κ2) is 9.24. The van der Waals surface area contributed by atoms with Crippen LogP contribution in [-0.4, -0.2) is 19.6 Å². The number of thiocarbonyl (C=S) groups is 1. The van der Waals surface area contributed by atoms with Gasteiger partial charge in [0.15, 0.2) is 5.11 Å². The molecule has 1 heterocycles. The van der Waals surface area contributed by atoms with Crippen molar-refractivity contribution < 1.29 is 17.2 Å². The van der Waals surface area contributed by atoms with Crippen molar-refractivity contribution in [3.8, 4) is 0 Å². The van der Waals surface area contributed by atoms with Crippen LogP contribution in [0, 0.1) is 11.6 Å². The van der Waals surface area contributed by atoms with E-state index in [-0.39, 0.29) is 26.9 Å². The number of nitrogens with zero attached hydrogens (tertiary/aromatic N) is 1. The molecular weight excluding hydrogens is 488 g/mol. The topological polar surface area (TPSA) is 61.4 Å². The van der Waals surface area contributed by atoms with E-state index in [1.165, 1.54) is 52.8 Å². The van der Waals surface area contributed by atoms with Gasteiger partial charge in [-0.25, -0.2) is 17.2 Å². The molecule has 2 N–H and O–H groups in total. The number of rotatable bonds is 4. The quantitative estimate of drug-likeness (QED) is 0.427. The number of nitrogens with one attached hydrogen (secondary N) is 2. The lowest BCUT2D eigenvalue weighted by atomic mass is 9.99. The molecule has 0 aromatic heterocycles. The Balaban J connectivity index is 1.52. The molecule has 4 rings (SSSR count). The van der Waals surface area contributed by atoms with Crippen LogP contribution in [0.15, 0.2) is 65.6 Å². The summed E-state index contributed by atoms with van der Waals surface area (Å²) in [5.74, 6) is -0.919. The minimum atomic E-state index is -3.86. The van der Waals surface area contributed by atoms with Crippen molar-refractivity contribution in [2.75, 3.05) is 14.9 Å². The van der Waals surface area contributed by atoms with Gasteiger partial charge in [0.25, 0.3) is 10.0 Å². The van der Waals surface area contributed by atoms with E-state index < -0.39 is 15.8 Å². The Morgan fingerprint density at radius 3 is 2.39 bits per heavy atom. The molecule has 0 fully saturated rings. The van der Waals surface area contributed by atoms with Gasteiger partial charge >= 0.3 is 0 Å². The maximum absolute atomic E-state index is 13.6. The lowest BCUT2D eigenvalue weighted by molar-refractivity contribution is 0.560. The van der Waals surface area contributed by atoms with Gasteiger partial charge in [0.05, 0.1) is 15.6 Å². The fourth-order valence-electron chi connectivity index (χ4n) is 3.75. The third-order valence-corrected chi connectivity index (χ3v) is 7.79. The first-order valence-corrected chi connectivity index (χ1v) is 12.3. The number of sulfonamides is 1. The molecule has 10 heteroatoms. The Morgan fingerprint density at radius 1 is 1.03 bits per heavy atom. The highest BCUT2D eigenvalue weighted by molar-refractivity contribution is 7.92.